The van der Waals surface area contributed by atoms with Crippen molar-refractivity contribution in [3.05, 3.63) is 24.0 Å². The molecule has 2 nitrogen and oxygen atoms in total. The second kappa shape index (κ2) is 3.99. The minimum absolute atomic E-state index is 0.168. The van der Waals surface area contributed by atoms with Gasteiger partial charge in [-0.05, 0) is 30.9 Å². The monoisotopic (exact) mass is 192 g/mol. The van der Waals surface area contributed by atoms with Crippen LogP contribution >= 0.6 is 0 Å². The van der Waals surface area contributed by atoms with Crippen LogP contribution in [0.2, 0.25) is 0 Å². The molecule has 0 aliphatic carbocycles. The number of hydrogen-bond donors (Lipinski definition) is 1. The number of pyridine rings is 1. The summed E-state index contributed by atoms with van der Waals surface area (Å²) in [6, 6.07) is 2.62. The molecule has 0 amide bonds. The summed E-state index contributed by atoms with van der Waals surface area (Å²) in [4.78, 5) is 4.24. The van der Waals surface area contributed by atoms with Gasteiger partial charge in [-0.2, -0.15) is 0 Å². The second-order valence-corrected chi connectivity index (χ2v) is 5.01. The maximum Gasteiger partial charge on any atom is 0.0531 e. The summed E-state index contributed by atoms with van der Waals surface area (Å²) in [7, 11) is 0. The average Bonchev–Trinajstić information content (AvgIpc) is 2.01. The van der Waals surface area contributed by atoms with Gasteiger partial charge in [0.1, 0.15) is 0 Å². The van der Waals surface area contributed by atoms with Crippen molar-refractivity contribution in [2.24, 2.45) is 0 Å². The number of aromatic nitrogens is 1. The maximum atomic E-state index is 4.24. The van der Waals surface area contributed by atoms with Crippen LogP contribution in [-0.2, 0) is 5.41 Å². The van der Waals surface area contributed by atoms with Crippen LogP contribution in [0.15, 0.2) is 18.5 Å². The summed E-state index contributed by atoms with van der Waals surface area (Å²) in [6.45, 7) is 10.9. The standard InChI is InChI=1S/C12H20N2/c1-9(2)14-11-6-10(7-13-8-11)12(3,4)5/h6-9,14H,1-5H3. The van der Waals surface area contributed by atoms with Crippen LogP contribution in [0, 0.1) is 0 Å². The van der Waals surface area contributed by atoms with Crippen molar-refractivity contribution >= 4 is 5.69 Å². The summed E-state index contributed by atoms with van der Waals surface area (Å²) in [5, 5.41) is 3.35. The number of anilines is 1. The van der Waals surface area contributed by atoms with E-state index in [9.17, 15) is 0 Å². The molecule has 0 spiro atoms. The Morgan fingerprint density at radius 1 is 1.21 bits per heavy atom. The van der Waals surface area contributed by atoms with E-state index in [1.54, 1.807) is 0 Å². The van der Waals surface area contributed by atoms with Crippen molar-refractivity contribution in [2.45, 2.75) is 46.1 Å². The summed E-state index contributed by atoms with van der Waals surface area (Å²) in [5.41, 5.74) is 2.54. The zero-order chi connectivity index (χ0) is 10.8. The van der Waals surface area contributed by atoms with Crippen LogP contribution in [-0.4, -0.2) is 11.0 Å². The Morgan fingerprint density at radius 2 is 1.86 bits per heavy atom. The van der Waals surface area contributed by atoms with E-state index in [0.29, 0.717) is 6.04 Å². The van der Waals surface area contributed by atoms with E-state index in [4.69, 9.17) is 0 Å². The van der Waals surface area contributed by atoms with Gasteiger partial charge in [0.05, 0.1) is 5.69 Å². The highest BCUT2D eigenvalue weighted by atomic mass is 14.9. The molecule has 0 atom stereocenters. The Hall–Kier alpha value is -1.05. The van der Waals surface area contributed by atoms with Gasteiger partial charge in [0, 0.05) is 18.4 Å². The van der Waals surface area contributed by atoms with Crippen LogP contribution in [0.25, 0.3) is 0 Å². The molecule has 0 radical (unpaired) electrons. The van der Waals surface area contributed by atoms with Gasteiger partial charge in [0.25, 0.3) is 0 Å². The van der Waals surface area contributed by atoms with Crippen molar-refractivity contribution in [1.82, 2.24) is 4.98 Å². The molecule has 0 saturated heterocycles. The molecular weight excluding hydrogens is 172 g/mol. The lowest BCUT2D eigenvalue weighted by molar-refractivity contribution is 0.587. The van der Waals surface area contributed by atoms with E-state index < -0.39 is 0 Å². The normalized spacial score (nSPS) is 11.9. The molecule has 0 unspecified atom stereocenters. The highest BCUT2D eigenvalue weighted by molar-refractivity contribution is 5.44. The first-order chi connectivity index (χ1) is 6.39. The zero-order valence-electron chi connectivity index (χ0n) is 9.76. The molecule has 1 heterocycles. The SMILES string of the molecule is CC(C)Nc1cncc(C(C)(C)C)c1. The molecule has 78 valence electrons. The lowest BCUT2D eigenvalue weighted by Gasteiger charge is -2.20. The van der Waals surface area contributed by atoms with Crippen molar-refractivity contribution in [1.29, 1.82) is 0 Å². The third-order valence-electron chi connectivity index (χ3n) is 2.06. The third-order valence-corrected chi connectivity index (χ3v) is 2.06. The summed E-state index contributed by atoms with van der Waals surface area (Å²) >= 11 is 0. The first-order valence-corrected chi connectivity index (χ1v) is 5.11. The zero-order valence-corrected chi connectivity index (χ0v) is 9.76. The van der Waals surface area contributed by atoms with Gasteiger partial charge in [0.2, 0.25) is 0 Å². The summed E-state index contributed by atoms with van der Waals surface area (Å²) in [5.74, 6) is 0. The smallest absolute Gasteiger partial charge is 0.0531 e. The Labute approximate surface area is 86.8 Å². The number of nitrogens with one attached hydrogen (secondary N) is 1. The minimum atomic E-state index is 0.168. The van der Waals surface area contributed by atoms with Gasteiger partial charge in [-0.15, -0.1) is 0 Å². The molecule has 0 aromatic carbocycles. The van der Waals surface area contributed by atoms with Crippen LogP contribution in [0.3, 0.4) is 0 Å². The van der Waals surface area contributed by atoms with Gasteiger partial charge in [-0.25, -0.2) is 0 Å². The lowest BCUT2D eigenvalue weighted by Crippen LogP contribution is -2.14. The molecular formula is C12H20N2. The molecule has 1 aromatic heterocycles. The Morgan fingerprint density at radius 3 is 2.36 bits per heavy atom. The summed E-state index contributed by atoms with van der Waals surface area (Å²) in [6.07, 6.45) is 3.81. The highest BCUT2D eigenvalue weighted by Crippen LogP contribution is 2.23. The van der Waals surface area contributed by atoms with Crippen LogP contribution in [0.4, 0.5) is 5.69 Å². The highest BCUT2D eigenvalue weighted by Gasteiger charge is 2.14. The molecule has 0 saturated carbocycles. The van der Waals surface area contributed by atoms with Crippen LogP contribution in [0.1, 0.15) is 40.2 Å². The van der Waals surface area contributed by atoms with Crippen molar-refractivity contribution < 1.29 is 0 Å². The fraction of sp³-hybridized carbons (Fsp3) is 0.583. The van der Waals surface area contributed by atoms with Crippen molar-refractivity contribution in [3.63, 3.8) is 0 Å². The van der Waals surface area contributed by atoms with Gasteiger partial charge in [0.15, 0.2) is 0 Å². The molecule has 0 fully saturated rings. The van der Waals surface area contributed by atoms with E-state index in [1.165, 1.54) is 5.56 Å². The Kier molecular flexibility index (Phi) is 3.14. The quantitative estimate of drug-likeness (QED) is 0.778. The second-order valence-electron chi connectivity index (χ2n) is 5.01. The fourth-order valence-electron chi connectivity index (χ4n) is 1.26. The molecule has 1 N–H and O–H groups in total. The molecule has 0 aliphatic rings. The maximum absolute atomic E-state index is 4.24. The Balaban J connectivity index is 2.90. The van der Waals surface area contributed by atoms with Gasteiger partial charge < -0.3 is 5.32 Å². The predicted molar refractivity (Wildman–Crippen MR) is 61.7 cm³/mol. The van der Waals surface area contributed by atoms with Crippen LogP contribution < -0.4 is 5.32 Å². The lowest BCUT2D eigenvalue weighted by atomic mass is 9.88. The van der Waals surface area contributed by atoms with E-state index >= 15 is 0 Å². The number of nitrogens with zero attached hydrogens (tertiary/aromatic N) is 1. The van der Waals surface area contributed by atoms with E-state index in [2.05, 4.69) is 51.0 Å². The minimum Gasteiger partial charge on any atom is -0.382 e. The van der Waals surface area contributed by atoms with Gasteiger partial charge in [-0.1, -0.05) is 20.8 Å². The average molecular weight is 192 g/mol. The molecule has 2 heteroatoms. The topological polar surface area (TPSA) is 24.9 Å². The molecule has 0 bridgehead atoms. The third kappa shape index (κ3) is 3.02. The first-order valence-electron chi connectivity index (χ1n) is 5.11. The largest absolute Gasteiger partial charge is 0.382 e. The summed E-state index contributed by atoms with van der Waals surface area (Å²) < 4.78 is 0. The van der Waals surface area contributed by atoms with Crippen molar-refractivity contribution in [3.8, 4) is 0 Å². The van der Waals surface area contributed by atoms with Crippen LogP contribution in [0.5, 0.6) is 0 Å². The van der Waals surface area contributed by atoms with E-state index in [1.807, 2.05) is 12.4 Å². The Bertz CT molecular complexity index is 297. The molecule has 14 heavy (non-hydrogen) atoms. The molecule has 0 aliphatic heterocycles. The number of hydrogen-bond acceptors (Lipinski definition) is 2. The van der Waals surface area contributed by atoms with Gasteiger partial charge in [-0.3, -0.25) is 4.98 Å². The first kappa shape index (κ1) is 11.0. The predicted octanol–water partition coefficient (Wildman–Crippen LogP) is 3.20. The van der Waals surface area contributed by atoms with E-state index in [0.717, 1.165) is 5.69 Å². The van der Waals surface area contributed by atoms with Crippen molar-refractivity contribution in [2.75, 3.05) is 5.32 Å². The van der Waals surface area contributed by atoms with Gasteiger partial charge >= 0.3 is 0 Å². The molecule has 1 aromatic rings. The fourth-order valence-corrected chi connectivity index (χ4v) is 1.26. The molecule has 1 rings (SSSR count). The number of rotatable bonds is 2. The van der Waals surface area contributed by atoms with E-state index in [-0.39, 0.29) is 5.41 Å².